The molecule has 0 fully saturated rings. The van der Waals surface area contributed by atoms with Crippen molar-refractivity contribution in [1.29, 1.82) is 0 Å². The highest BCUT2D eigenvalue weighted by Crippen LogP contribution is 2.28. The molecule has 0 aliphatic heterocycles. The fraction of sp³-hybridized carbons (Fsp3) is 0.192. The van der Waals surface area contributed by atoms with Gasteiger partial charge in [-0.2, -0.15) is 0 Å². The van der Waals surface area contributed by atoms with Crippen LogP contribution < -0.4 is 16.2 Å². The van der Waals surface area contributed by atoms with Crippen molar-refractivity contribution in [3.63, 3.8) is 0 Å². The highest BCUT2D eigenvalue weighted by molar-refractivity contribution is 5.91. The molecular weight excluding hydrogens is 478 g/mol. The number of nitro groups is 1. The monoisotopic (exact) mass is 503 g/mol. The van der Waals surface area contributed by atoms with Crippen LogP contribution in [0.4, 0.5) is 5.69 Å². The number of hydrogen-bond donors (Lipinski definition) is 2. The summed E-state index contributed by atoms with van der Waals surface area (Å²) < 4.78 is 6.61. The Hall–Kier alpha value is -4.93. The number of H-pyrrole nitrogens is 1. The Balaban J connectivity index is 1.78. The summed E-state index contributed by atoms with van der Waals surface area (Å²) in [5, 5.41) is 11.9. The zero-order valence-electron chi connectivity index (χ0n) is 20.0. The van der Waals surface area contributed by atoms with E-state index in [0.717, 1.165) is 11.1 Å². The minimum absolute atomic E-state index is 0.0660. The van der Waals surface area contributed by atoms with Crippen LogP contribution in [0, 0.1) is 10.1 Å². The maximum atomic E-state index is 13.4. The zero-order valence-corrected chi connectivity index (χ0v) is 20.0. The quantitative estimate of drug-likeness (QED) is 0.250. The van der Waals surface area contributed by atoms with Gasteiger partial charge in [0.25, 0.3) is 5.69 Å². The van der Waals surface area contributed by atoms with Crippen LogP contribution in [-0.4, -0.2) is 44.8 Å². The number of carbonyl (C=O) groups excluding carboxylic acids is 2. The lowest BCUT2D eigenvalue weighted by Gasteiger charge is -2.22. The number of fused-ring (bicyclic) bond motifs is 1. The summed E-state index contributed by atoms with van der Waals surface area (Å²) in [6.45, 7) is -0.176. The third-order valence-electron chi connectivity index (χ3n) is 5.93. The van der Waals surface area contributed by atoms with Gasteiger partial charge in [0.15, 0.2) is 0 Å². The first-order valence-electron chi connectivity index (χ1n) is 11.4. The third kappa shape index (κ3) is 5.67. The van der Waals surface area contributed by atoms with E-state index in [1.165, 1.54) is 28.7 Å². The SMILES string of the molecule is COc1cccc(Cn2c(=O)[nH]c3ccc([N+](=O)[O-])c(CC(=O)N(CC(N)=O)Cc4ccccc4)c32)c1. The molecule has 1 aromatic heterocycles. The predicted molar refractivity (Wildman–Crippen MR) is 136 cm³/mol. The smallest absolute Gasteiger partial charge is 0.326 e. The highest BCUT2D eigenvalue weighted by Gasteiger charge is 2.26. The Bertz CT molecular complexity index is 1530. The Morgan fingerprint density at radius 2 is 1.81 bits per heavy atom. The van der Waals surface area contributed by atoms with Crippen LogP contribution in [0.5, 0.6) is 5.75 Å². The van der Waals surface area contributed by atoms with E-state index in [0.29, 0.717) is 11.3 Å². The number of aromatic nitrogens is 2. The molecule has 0 aliphatic carbocycles. The molecule has 4 aromatic rings. The molecule has 11 heteroatoms. The average molecular weight is 504 g/mol. The number of aromatic amines is 1. The van der Waals surface area contributed by atoms with Crippen molar-refractivity contribution < 1.29 is 19.2 Å². The van der Waals surface area contributed by atoms with E-state index in [1.54, 1.807) is 48.5 Å². The maximum absolute atomic E-state index is 13.4. The van der Waals surface area contributed by atoms with E-state index in [1.807, 2.05) is 6.07 Å². The summed E-state index contributed by atoms with van der Waals surface area (Å²) in [7, 11) is 1.53. The fourth-order valence-electron chi connectivity index (χ4n) is 4.26. The Morgan fingerprint density at radius 1 is 1.08 bits per heavy atom. The number of carbonyl (C=O) groups is 2. The van der Waals surface area contributed by atoms with Crippen LogP contribution in [0.2, 0.25) is 0 Å². The largest absolute Gasteiger partial charge is 0.497 e. The van der Waals surface area contributed by atoms with Crippen molar-refractivity contribution in [2.24, 2.45) is 5.73 Å². The van der Waals surface area contributed by atoms with Gasteiger partial charge >= 0.3 is 5.69 Å². The topological polar surface area (TPSA) is 154 Å². The van der Waals surface area contributed by atoms with Gasteiger partial charge in [0.1, 0.15) is 5.75 Å². The number of methoxy groups -OCH3 is 1. The molecule has 3 N–H and O–H groups in total. The fourth-order valence-corrected chi connectivity index (χ4v) is 4.26. The van der Waals surface area contributed by atoms with Crippen LogP contribution in [0.15, 0.2) is 71.5 Å². The number of ether oxygens (including phenoxy) is 1. The maximum Gasteiger partial charge on any atom is 0.326 e. The molecular formula is C26H25N5O6. The molecule has 0 aliphatic rings. The number of nitrogens with one attached hydrogen (secondary N) is 1. The number of hydrogen-bond acceptors (Lipinski definition) is 6. The van der Waals surface area contributed by atoms with Gasteiger partial charge in [-0.1, -0.05) is 42.5 Å². The van der Waals surface area contributed by atoms with E-state index in [2.05, 4.69) is 4.98 Å². The third-order valence-corrected chi connectivity index (χ3v) is 5.93. The second kappa shape index (κ2) is 10.8. The second-order valence-corrected chi connectivity index (χ2v) is 8.46. The lowest BCUT2D eigenvalue weighted by Crippen LogP contribution is -2.39. The van der Waals surface area contributed by atoms with E-state index < -0.39 is 28.8 Å². The molecule has 0 unspecified atom stereocenters. The molecule has 0 radical (unpaired) electrons. The molecule has 0 bridgehead atoms. The van der Waals surface area contributed by atoms with Crippen molar-refractivity contribution in [1.82, 2.24) is 14.5 Å². The molecule has 4 rings (SSSR count). The van der Waals surface area contributed by atoms with Gasteiger partial charge in [-0.15, -0.1) is 0 Å². The Labute approximate surface area is 211 Å². The number of rotatable bonds is 10. The van der Waals surface area contributed by atoms with Crippen molar-refractivity contribution in [2.75, 3.05) is 13.7 Å². The normalized spacial score (nSPS) is 10.8. The first-order chi connectivity index (χ1) is 17.8. The average Bonchev–Trinajstić information content (AvgIpc) is 3.19. The Kier molecular flexibility index (Phi) is 7.33. The number of nitrogens with two attached hydrogens (primary N) is 1. The number of nitro benzene ring substituents is 1. The first-order valence-corrected chi connectivity index (χ1v) is 11.4. The molecule has 0 saturated heterocycles. The number of nitrogens with zero attached hydrogens (tertiary/aromatic N) is 3. The van der Waals surface area contributed by atoms with E-state index in [4.69, 9.17) is 10.5 Å². The summed E-state index contributed by atoms with van der Waals surface area (Å²) in [6.07, 6.45) is -0.414. The van der Waals surface area contributed by atoms with Crippen LogP contribution in [0.25, 0.3) is 11.0 Å². The van der Waals surface area contributed by atoms with Gasteiger partial charge in [-0.05, 0) is 29.3 Å². The van der Waals surface area contributed by atoms with Crippen LogP contribution in [-0.2, 0) is 29.1 Å². The van der Waals surface area contributed by atoms with Crippen molar-refractivity contribution in [3.8, 4) is 5.75 Å². The van der Waals surface area contributed by atoms with Gasteiger partial charge in [0.05, 0.1) is 48.1 Å². The summed E-state index contributed by atoms with van der Waals surface area (Å²) in [4.78, 5) is 53.3. The van der Waals surface area contributed by atoms with Gasteiger partial charge in [0, 0.05) is 12.6 Å². The van der Waals surface area contributed by atoms with E-state index in [-0.39, 0.29) is 36.4 Å². The molecule has 190 valence electrons. The summed E-state index contributed by atoms with van der Waals surface area (Å²) in [6, 6.07) is 18.8. The number of amides is 2. The van der Waals surface area contributed by atoms with Crippen molar-refractivity contribution in [2.45, 2.75) is 19.5 Å². The van der Waals surface area contributed by atoms with Crippen LogP contribution in [0.3, 0.4) is 0 Å². The van der Waals surface area contributed by atoms with Gasteiger partial charge < -0.3 is 20.4 Å². The van der Waals surface area contributed by atoms with Gasteiger partial charge in [-0.3, -0.25) is 24.3 Å². The molecule has 1 heterocycles. The van der Waals surface area contributed by atoms with Crippen molar-refractivity contribution >= 4 is 28.5 Å². The molecule has 0 saturated carbocycles. The molecule has 11 nitrogen and oxygen atoms in total. The molecule has 0 atom stereocenters. The van der Waals surface area contributed by atoms with Crippen LogP contribution in [0.1, 0.15) is 16.7 Å². The second-order valence-electron chi connectivity index (χ2n) is 8.46. The van der Waals surface area contributed by atoms with Crippen LogP contribution >= 0.6 is 0 Å². The zero-order chi connectivity index (χ0) is 26.5. The molecule has 37 heavy (non-hydrogen) atoms. The molecule has 0 spiro atoms. The van der Waals surface area contributed by atoms with E-state index >= 15 is 0 Å². The van der Waals surface area contributed by atoms with Gasteiger partial charge in [-0.25, -0.2) is 4.79 Å². The number of imidazole rings is 1. The van der Waals surface area contributed by atoms with Crippen molar-refractivity contribution in [3.05, 3.63) is 104 Å². The van der Waals surface area contributed by atoms with Gasteiger partial charge in [0.2, 0.25) is 11.8 Å². The molecule has 2 amide bonds. The lowest BCUT2D eigenvalue weighted by atomic mass is 10.1. The highest BCUT2D eigenvalue weighted by atomic mass is 16.6. The minimum atomic E-state index is -0.714. The predicted octanol–water partition coefficient (Wildman–Crippen LogP) is 2.35. The standard InChI is InChI=1S/C26H25N5O6/c1-37-19-9-5-8-18(12-19)15-30-25-20(22(31(35)36)11-10-21(25)28-26(30)34)13-24(33)29(16-23(27)32)14-17-6-3-2-4-7-17/h2-12H,13-16H2,1H3,(H2,27,32)(H,28,34). The molecule has 3 aromatic carbocycles. The number of primary amides is 1. The number of benzene rings is 3. The summed E-state index contributed by atoms with van der Waals surface area (Å²) in [5.74, 6) is -0.664. The minimum Gasteiger partial charge on any atom is -0.497 e. The summed E-state index contributed by atoms with van der Waals surface area (Å²) >= 11 is 0. The van der Waals surface area contributed by atoms with E-state index in [9.17, 15) is 24.5 Å². The first kappa shape index (κ1) is 25.2. The Morgan fingerprint density at radius 3 is 2.49 bits per heavy atom. The summed E-state index contributed by atoms with van der Waals surface area (Å²) in [5.41, 5.74) is 6.75. The lowest BCUT2D eigenvalue weighted by molar-refractivity contribution is -0.385.